The van der Waals surface area contributed by atoms with Gasteiger partial charge >= 0.3 is 5.97 Å². The van der Waals surface area contributed by atoms with Crippen LogP contribution in [-0.2, 0) is 4.74 Å². The maximum absolute atomic E-state index is 11.9. The summed E-state index contributed by atoms with van der Waals surface area (Å²) in [7, 11) is 0. The fourth-order valence-corrected chi connectivity index (χ4v) is 2.26. The van der Waals surface area contributed by atoms with Crippen LogP contribution in [0.2, 0.25) is 15.1 Å². The van der Waals surface area contributed by atoms with Crippen molar-refractivity contribution in [2.24, 2.45) is 0 Å². The molecule has 2 aromatic rings. The Hall–Kier alpha value is -1.55. The minimum absolute atomic E-state index is 0.191. The van der Waals surface area contributed by atoms with E-state index in [2.05, 4.69) is 0 Å². The molecule has 0 radical (unpaired) electrons. The average molecular weight is 344 g/mol. The molecule has 108 valence electrons. The van der Waals surface area contributed by atoms with Gasteiger partial charge in [-0.3, -0.25) is 4.79 Å². The Balaban J connectivity index is 2.00. The standard InChI is InChI=1S/C15H9Cl3O3/c16-11-3-1-9(2-4-11)14(19)8-21-15(20)10-5-12(17)7-13(18)6-10/h1-7H,8H2. The number of ether oxygens (including phenoxy) is 1. The summed E-state index contributed by atoms with van der Waals surface area (Å²) in [5, 5.41) is 1.16. The van der Waals surface area contributed by atoms with Crippen molar-refractivity contribution in [3.05, 3.63) is 68.7 Å². The van der Waals surface area contributed by atoms with Gasteiger partial charge in [-0.05, 0) is 42.5 Å². The van der Waals surface area contributed by atoms with Crippen molar-refractivity contribution >= 4 is 46.6 Å². The molecule has 2 rings (SSSR count). The summed E-state index contributed by atoms with van der Waals surface area (Å²) in [6.07, 6.45) is 0. The highest BCUT2D eigenvalue weighted by atomic mass is 35.5. The van der Waals surface area contributed by atoms with E-state index in [0.717, 1.165) is 0 Å². The predicted octanol–water partition coefficient (Wildman–Crippen LogP) is 4.69. The van der Waals surface area contributed by atoms with Gasteiger partial charge in [0.1, 0.15) is 0 Å². The lowest BCUT2D eigenvalue weighted by Gasteiger charge is -2.05. The molecule has 0 aliphatic carbocycles. The van der Waals surface area contributed by atoms with Crippen LogP contribution < -0.4 is 0 Å². The third kappa shape index (κ3) is 4.46. The number of carbonyl (C=O) groups excluding carboxylic acids is 2. The van der Waals surface area contributed by atoms with E-state index in [1.54, 1.807) is 24.3 Å². The largest absolute Gasteiger partial charge is 0.454 e. The molecule has 2 aromatic carbocycles. The Morgan fingerprint density at radius 3 is 1.95 bits per heavy atom. The number of benzene rings is 2. The minimum Gasteiger partial charge on any atom is -0.454 e. The number of hydrogen-bond donors (Lipinski definition) is 0. The van der Waals surface area contributed by atoms with Gasteiger partial charge < -0.3 is 4.74 Å². The van der Waals surface area contributed by atoms with Crippen molar-refractivity contribution in [3.8, 4) is 0 Å². The molecule has 0 atom stereocenters. The second-order valence-electron chi connectivity index (χ2n) is 4.16. The fraction of sp³-hybridized carbons (Fsp3) is 0.0667. The maximum Gasteiger partial charge on any atom is 0.338 e. The lowest BCUT2D eigenvalue weighted by molar-refractivity contribution is 0.0475. The summed E-state index contributed by atoms with van der Waals surface area (Å²) in [5.41, 5.74) is 0.604. The van der Waals surface area contributed by atoms with Crippen LogP contribution >= 0.6 is 34.8 Å². The first-order chi connectivity index (χ1) is 9.95. The molecule has 0 saturated carbocycles. The summed E-state index contributed by atoms with van der Waals surface area (Å²) < 4.78 is 4.95. The first-order valence-corrected chi connectivity index (χ1v) is 7.01. The van der Waals surface area contributed by atoms with Crippen molar-refractivity contribution in [1.82, 2.24) is 0 Å². The molecule has 0 amide bonds. The van der Waals surface area contributed by atoms with E-state index in [9.17, 15) is 9.59 Å². The lowest BCUT2D eigenvalue weighted by atomic mass is 10.1. The van der Waals surface area contributed by atoms with E-state index in [1.807, 2.05) is 0 Å². The third-order valence-electron chi connectivity index (χ3n) is 2.60. The van der Waals surface area contributed by atoms with Crippen LogP contribution in [0.15, 0.2) is 42.5 Å². The minimum atomic E-state index is -0.665. The summed E-state index contributed by atoms with van der Waals surface area (Å²) in [5.74, 6) is -0.991. The molecule has 0 aromatic heterocycles. The van der Waals surface area contributed by atoms with Gasteiger partial charge in [0.25, 0.3) is 0 Å². The maximum atomic E-state index is 11.9. The van der Waals surface area contributed by atoms with Gasteiger partial charge in [-0.2, -0.15) is 0 Å². The highest BCUT2D eigenvalue weighted by Crippen LogP contribution is 2.19. The molecular weight excluding hydrogens is 335 g/mol. The van der Waals surface area contributed by atoms with Gasteiger partial charge in [0, 0.05) is 20.6 Å². The first-order valence-electron chi connectivity index (χ1n) is 5.87. The van der Waals surface area contributed by atoms with Gasteiger partial charge in [0.05, 0.1) is 5.56 Å². The number of carbonyl (C=O) groups is 2. The van der Waals surface area contributed by atoms with Crippen molar-refractivity contribution < 1.29 is 14.3 Å². The molecule has 0 spiro atoms. The highest BCUT2D eigenvalue weighted by molar-refractivity contribution is 6.35. The number of hydrogen-bond acceptors (Lipinski definition) is 3. The SMILES string of the molecule is O=C(COC(=O)c1cc(Cl)cc(Cl)c1)c1ccc(Cl)cc1. The second-order valence-corrected chi connectivity index (χ2v) is 5.47. The number of rotatable bonds is 4. The molecule has 0 aliphatic heterocycles. The van der Waals surface area contributed by atoms with E-state index in [-0.39, 0.29) is 18.0 Å². The molecule has 21 heavy (non-hydrogen) atoms. The topological polar surface area (TPSA) is 43.4 Å². The zero-order valence-electron chi connectivity index (χ0n) is 10.6. The van der Waals surface area contributed by atoms with Crippen molar-refractivity contribution in [2.45, 2.75) is 0 Å². The molecule has 6 heteroatoms. The molecule has 3 nitrogen and oxygen atoms in total. The Morgan fingerprint density at radius 2 is 1.38 bits per heavy atom. The summed E-state index contributed by atoms with van der Waals surface area (Å²) in [4.78, 5) is 23.7. The number of esters is 1. The molecule has 0 bridgehead atoms. The quantitative estimate of drug-likeness (QED) is 0.597. The van der Waals surface area contributed by atoms with Gasteiger partial charge in [-0.15, -0.1) is 0 Å². The Bertz CT molecular complexity index is 661. The summed E-state index contributed by atoms with van der Waals surface area (Å²) in [6, 6.07) is 10.6. The summed E-state index contributed by atoms with van der Waals surface area (Å²) >= 11 is 17.3. The van der Waals surface area contributed by atoms with Crippen LogP contribution in [0, 0.1) is 0 Å². The molecule has 0 N–H and O–H groups in total. The first kappa shape index (κ1) is 15.8. The normalized spacial score (nSPS) is 10.2. The third-order valence-corrected chi connectivity index (χ3v) is 3.29. The Kier molecular flexibility index (Phi) is 5.23. The van der Waals surface area contributed by atoms with E-state index in [4.69, 9.17) is 39.5 Å². The predicted molar refractivity (Wildman–Crippen MR) is 82.5 cm³/mol. The molecule has 0 saturated heterocycles. The lowest BCUT2D eigenvalue weighted by Crippen LogP contribution is -2.14. The van der Waals surface area contributed by atoms with Crippen molar-refractivity contribution in [1.29, 1.82) is 0 Å². The van der Waals surface area contributed by atoms with E-state index < -0.39 is 5.97 Å². The molecule has 0 fully saturated rings. The monoisotopic (exact) mass is 342 g/mol. The Labute approximate surface area is 136 Å². The van der Waals surface area contributed by atoms with E-state index in [0.29, 0.717) is 20.6 Å². The Morgan fingerprint density at radius 1 is 0.810 bits per heavy atom. The van der Waals surface area contributed by atoms with Gasteiger partial charge in [0.2, 0.25) is 0 Å². The number of ketones is 1. The number of halogens is 3. The molecular formula is C15H9Cl3O3. The van der Waals surface area contributed by atoms with Crippen LogP contribution in [0.5, 0.6) is 0 Å². The fourth-order valence-electron chi connectivity index (χ4n) is 1.61. The molecule has 0 heterocycles. The average Bonchev–Trinajstić information content (AvgIpc) is 2.44. The highest BCUT2D eigenvalue weighted by Gasteiger charge is 2.13. The zero-order valence-corrected chi connectivity index (χ0v) is 12.9. The van der Waals surface area contributed by atoms with Crippen LogP contribution in [0.1, 0.15) is 20.7 Å². The van der Waals surface area contributed by atoms with Gasteiger partial charge in [-0.1, -0.05) is 34.8 Å². The van der Waals surface area contributed by atoms with Crippen molar-refractivity contribution in [2.75, 3.05) is 6.61 Å². The van der Waals surface area contributed by atoms with Crippen LogP contribution in [0.4, 0.5) is 0 Å². The van der Waals surface area contributed by atoms with E-state index in [1.165, 1.54) is 18.2 Å². The van der Waals surface area contributed by atoms with Gasteiger partial charge in [-0.25, -0.2) is 4.79 Å². The van der Waals surface area contributed by atoms with Crippen molar-refractivity contribution in [3.63, 3.8) is 0 Å². The summed E-state index contributed by atoms with van der Waals surface area (Å²) in [6.45, 7) is -0.370. The van der Waals surface area contributed by atoms with E-state index >= 15 is 0 Å². The molecule has 0 aliphatic rings. The van der Waals surface area contributed by atoms with Crippen LogP contribution in [0.25, 0.3) is 0 Å². The zero-order chi connectivity index (χ0) is 15.4. The van der Waals surface area contributed by atoms with Gasteiger partial charge in [0.15, 0.2) is 12.4 Å². The van der Waals surface area contributed by atoms with Crippen LogP contribution in [-0.4, -0.2) is 18.4 Å². The second kappa shape index (κ2) is 6.94. The smallest absolute Gasteiger partial charge is 0.338 e. The van der Waals surface area contributed by atoms with Crippen LogP contribution in [0.3, 0.4) is 0 Å². The molecule has 0 unspecified atom stereocenters. The number of Topliss-reactive ketones (excluding diaryl/α,β-unsaturated/α-hetero) is 1.